The molecule has 0 spiro atoms. The van der Waals surface area contributed by atoms with Gasteiger partial charge in [-0.1, -0.05) is 11.6 Å². The fourth-order valence-corrected chi connectivity index (χ4v) is 2.91. The second-order valence-corrected chi connectivity index (χ2v) is 5.84. The topological polar surface area (TPSA) is 53.8 Å². The molecule has 1 N–H and O–H groups in total. The number of nitrogens with zero attached hydrogens (tertiary/aromatic N) is 1. The molecule has 0 aromatic carbocycles. The molecule has 0 bridgehead atoms. The first-order valence-electron chi connectivity index (χ1n) is 4.00. The van der Waals surface area contributed by atoms with Gasteiger partial charge in [-0.05, 0) is 25.0 Å². The molecule has 1 atom stereocenters. The summed E-state index contributed by atoms with van der Waals surface area (Å²) in [5, 5.41) is 0.408. The largest absolute Gasteiger partial charge is 0.249 e. The normalized spacial score (nSPS) is 21.0. The molecule has 1 heterocycles. The monoisotopic (exact) mass is 216 g/mol. The summed E-state index contributed by atoms with van der Waals surface area (Å²) in [7, 11) is -2.60. The van der Waals surface area contributed by atoms with Gasteiger partial charge in [0.05, 0.1) is 14.6 Å². The van der Waals surface area contributed by atoms with Gasteiger partial charge in [0.2, 0.25) is 0 Å². The molecule has 2 rings (SSSR count). The lowest BCUT2D eigenvalue weighted by Crippen LogP contribution is -2.05. The molecule has 1 aromatic heterocycles. The van der Waals surface area contributed by atoms with E-state index in [1.165, 1.54) is 6.20 Å². The second kappa shape index (κ2) is 2.96. The number of hydrogen-bond donors (Lipinski definition) is 1. The molecule has 0 saturated heterocycles. The Hall–Kier alpha value is -0.610. The van der Waals surface area contributed by atoms with E-state index in [0.717, 1.165) is 12.8 Å². The minimum atomic E-state index is -2.60. The number of halogens is 1. The third-order valence-electron chi connectivity index (χ3n) is 2.04. The molecule has 13 heavy (non-hydrogen) atoms. The maximum atomic E-state index is 11.8. The van der Waals surface area contributed by atoms with E-state index in [-0.39, 0.29) is 5.25 Å². The molecule has 1 aliphatic carbocycles. The highest BCUT2D eigenvalue weighted by Gasteiger charge is 2.33. The average molecular weight is 217 g/mol. The molecular formula is C8H9ClN2OS. The first-order chi connectivity index (χ1) is 6.10. The van der Waals surface area contributed by atoms with Gasteiger partial charge in [-0.25, -0.2) is 14.0 Å². The Morgan fingerprint density at radius 3 is 2.69 bits per heavy atom. The van der Waals surface area contributed by atoms with Crippen LogP contribution in [0.2, 0.25) is 5.15 Å². The van der Waals surface area contributed by atoms with E-state index in [0.29, 0.717) is 10.0 Å². The molecule has 1 unspecified atom stereocenters. The van der Waals surface area contributed by atoms with Crippen LogP contribution in [0.3, 0.4) is 0 Å². The summed E-state index contributed by atoms with van der Waals surface area (Å²) in [4.78, 5) is 4.32. The number of rotatable bonds is 2. The predicted molar refractivity (Wildman–Crippen MR) is 51.4 cm³/mol. The van der Waals surface area contributed by atoms with Crippen molar-refractivity contribution in [1.82, 2.24) is 4.98 Å². The molecule has 1 aliphatic rings. The quantitative estimate of drug-likeness (QED) is 0.772. The zero-order valence-electron chi connectivity index (χ0n) is 6.87. The Morgan fingerprint density at radius 1 is 1.54 bits per heavy atom. The number of nitrogens with one attached hydrogen (secondary N) is 1. The fourth-order valence-electron chi connectivity index (χ4n) is 1.13. The molecule has 0 aliphatic heterocycles. The van der Waals surface area contributed by atoms with Crippen LogP contribution in [-0.4, -0.2) is 14.4 Å². The lowest BCUT2D eigenvalue weighted by molar-refractivity contribution is 0.673. The van der Waals surface area contributed by atoms with Crippen LogP contribution in [0.4, 0.5) is 0 Å². The first kappa shape index (κ1) is 8.97. The second-order valence-electron chi connectivity index (χ2n) is 3.12. The Balaban J connectivity index is 2.40. The van der Waals surface area contributed by atoms with E-state index < -0.39 is 9.73 Å². The molecule has 0 radical (unpaired) electrons. The molecule has 70 valence electrons. The minimum Gasteiger partial charge on any atom is -0.249 e. The van der Waals surface area contributed by atoms with Crippen LogP contribution >= 0.6 is 11.6 Å². The summed E-state index contributed by atoms with van der Waals surface area (Å²) in [5.41, 5.74) is 0. The summed E-state index contributed by atoms with van der Waals surface area (Å²) in [6.45, 7) is 0. The van der Waals surface area contributed by atoms with Crippen molar-refractivity contribution in [2.75, 3.05) is 0 Å². The molecule has 1 saturated carbocycles. The summed E-state index contributed by atoms with van der Waals surface area (Å²) in [6, 6.07) is 3.20. The molecule has 3 nitrogen and oxygen atoms in total. The van der Waals surface area contributed by atoms with Crippen molar-refractivity contribution >= 4 is 21.3 Å². The first-order valence-corrected chi connectivity index (χ1v) is 6.00. The van der Waals surface area contributed by atoms with Crippen molar-refractivity contribution in [1.29, 1.82) is 4.78 Å². The van der Waals surface area contributed by atoms with Gasteiger partial charge in [0.1, 0.15) is 5.15 Å². The van der Waals surface area contributed by atoms with Gasteiger partial charge in [0.25, 0.3) is 0 Å². The van der Waals surface area contributed by atoms with Crippen molar-refractivity contribution in [3.05, 3.63) is 23.5 Å². The van der Waals surface area contributed by atoms with Gasteiger partial charge in [-0.3, -0.25) is 0 Å². The highest BCUT2D eigenvalue weighted by Crippen LogP contribution is 2.33. The predicted octanol–water partition coefficient (Wildman–Crippen LogP) is 2.30. The summed E-state index contributed by atoms with van der Waals surface area (Å²) < 4.78 is 19.5. The number of aromatic nitrogens is 1. The number of pyridine rings is 1. The summed E-state index contributed by atoms with van der Waals surface area (Å²) in [6.07, 6.45) is 3.23. The average Bonchev–Trinajstić information content (AvgIpc) is 2.87. The van der Waals surface area contributed by atoms with Gasteiger partial charge in [0, 0.05) is 11.4 Å². The van der Waals surface area contributed by atoms with Crippen LogP contribution in [0, 0.1) is 4.78 Å². The Kier molecular flexibility index (Phi) is 2.04. The molecule has 0 amide bonds. The van der Waals surface area contributed by atoms with Gasteiger partial charge in [-0.15, -0.1) is 0 Å². The van der Waals surface area contributed by atoms with Crippen LogP contribution in [0.1, 0.15) is 12.8 Å². The van der Waals surface area contributed by atoms with E-state index in [4.69, 9.17) is 16.4 Å². The summed E-state index contributed by atoms with van der Waals surface area (Å²) >= 11 is 5.59. The minimum absolute atomic E-state index is 0.0375. The molecule has 1 aromatic rings. The highest BCUT2D eigenvalue weighted by molar-refractivity contribution is 7.93. The van der Waals surface area contributed by atoms with Crippen molar-refractivity contribution in [3.8, 4) is 0 Å². The van der Waals surface area contributed by atoms with Crippen LogP contribution in [0.15, 0.2) is 23.2 Å². The van der Waals surface area contributed by atoms with E-state index >= 15 is 0 Å². The van der Waals surface area contributed by atoms with E-state index in [1.807, 2.05) is 0 Å². The van der Waals surface area contributed by atoms with Crippen molar-refractivity contribution in [2.45, 2.75) is 23.0 Å². The van der Waals surface area contributed by atoms with E-state index in [2.05, 4.69) is 4.98 Å². The molecular weight excluding hydrogens is 208 g/mol. The third kappa shape index (κ3) is 1.69. The van der Waals surface area contributed by atoms with Crippen LogP contribution in [0.25, 0.3) is 0 Å². The van der Waals surface area contributed by atoms with Crippen molar-refractivity contribution in [3.63, 3.8) is 0 Å². The van der Waals surface area contributed by atoms with Crippen molar-refractivity contribution in [2.24, 2.45) is 0 Å². The van der Waals surface area contributed by atoms with Crippen LogP contribution in [0.5, 0.6) is 0 Å². The lowest BCUT2D eigenvalue weighted by Gasteiger charge is -2.04. The smallest absolute Gasteiger partial charge is 0.129 e. The third-order valence-corrected chi connectivity index (χ3v) is 4.62. The Labute approximate surface area is 82.1 Å². The Morgan fingerprint density at radius 2 is 2.23 bits per heavy atom. The molecule has 1 fully saturated rings. The van der Waals surface area contributed by atoms with E-state index in [1.54, 1.807) is 12.1 Å². The standard InChI is InChI=1S/C8H9ClN2OS/c9-8-4-3-7(5-11-8)13(10,12)6-1-2-6/h3-6,10H,1-2H2. The SMILES string of the molecule is N=S(=O)(c1ccc(Cl)nc1)C1CC1. The highest BCUT2D eigenvalue weighted by atomic mass is 35.5. The van der Waals surface area contributed by atoms with Gasteiger partial charge in [0.15, 0.2) is 0 Å². The summed E-state index contributed by atoms with van der Waals surface area (Å²) in [5.74, 6) is 0. The van der Waals surface area contributed by atoms with Crippen LogP contribution in [-0.2, 0) is 9.73 Å². The zero-order valence-corrected chi connectivity index (χ0v) is 8.44. The fraction of sp³-hybridized carbons (Fsp3) is 0.375. The van der Waals surface area contributed by atoms with E-state index in [9.17, 15) is 4.21 Å². The Bertz CT molecular complexity index is 408. The maximum absolute atomic E-state index is 11.8. The van der Waals surface area contributed by atoms with Gasteiger partial charge >= 0.3 is 0 Å². The maximum Gasteiger partial charge on any atom is 0.129 e. The molecule has 5 heteroatoms. The van der Waals surface area contributed by atoms with Crippen LogP contribution < -0.4 is 0 Å². The lowest BCUT2D eigenvalue weighted by atomic mass is 10.5. The van der Waals surface area contributed by atoms with Gasteiger partial charge < -0.3 is 0 Å². The van der Waals surface area contributed by atoms with Gasteiger partial charge in [-0.2, -0.15) is 0 Å². The van der Waals surface area contributed by atoms with Crippen molar-refractivity contribution < 1.29 is 4.21 Å². The zero-order chi connectivity index (χ0) is 9.47. The number of hydrogen-bond acceptors (Lipinski definition) is 3.